The van der Waals surface area contributed by atoms with Crippen LogP contribution >= 0.6 is 22.6 Å². The molecule has 1 heterocycles. The van der Waals surface area contributed by atoms with Gasteiger partial charge in [0, 0.05) is 35.4 Å². The third-order valence-electron chi connectivity index (χ3n) is 5.17. The van der Waals surface area contributed by atoms with Gasteiger partial charge in [-0.1, -0.05) is 36.4 Å². The van der Waals surface area contributed by atoms with E-state index in [1.54, 1.807) is 12.1 Å². The molecule has 8 heteroatoms. The van der Waals surface area contributed by atoms with E-state index in [2.05, 4.69) is 27.9 Å². The number of fused-ring (bicyclic) bond motifs is 1. The van der Waals surface area contributed by atoms with Crippen LogP contribution in [0.15, 0.2) is 71.6 Å². The highest BCUT2D eigenvalue weighted by atomic mass is 127. The van der Waals surface area contributed by atoms with Gasteiger partial charge in [-0.25, -0.2) is 8.42 Å². The highest BCUT2D eigenvalue weighted by Gasteiger charge is 2.29. The maximum atomic E-state index is 13.1. The van der Waals surface area contributed by atoms with Gasteiger partial charge in [0.1, 0.15) is 0 Å². The lowest BCUT2D eigenvalue weighted by Crippen LogP contribution is -2.50. The van der Waals surface area contributed by atoms with E-state index in [1.165, 1.54) is 4.31 Å². The Hall–Kier alpha value is -2.01. The van der Waals surface area contributed by atoms with Crippen LogP contribution in [-0.2, 0) is 14.8 Å². The summed E-state index contributed by atoms with van der Waals surface area (Å²) in [5.74, 6) is -0.0946. The molecule has 0 aliphatic carbocycles. The normalized spacial score (nSPS) is 15.9. The summed E-state index contributed by atoms with van der Waals surface area (Å²) in [4.78, 5) is 14.6. The van der Waals surface area contributed by atoms with Crippen LogP contribution in [0.3, 0.4) is 0 Å². The van der Waals surface area contributed by atoms with Gasteiger partial charge in [-0.2, -0.15) is 4.31 Å². The molecule has 4 rings (SSSR count). The zero-order valence-corrected chi connectivity index (χ0v) is 19.3. The second-order valence-electron chi connectivity index (χ2n) is 7.25. The van der Waals surface area contributed by atoms with Crippen molar-refractivity contribution < 1.29 is 13.2 Å². The number of rotatable bonds is 5. The second kappa shape index (κ2) is 9.01. The Morgan fingerprint density at radius 1 is 0.900 bits per heavy atom. The smallest absolute Gasteiger partial charge is 0.243 e. The van der Waals surface area contributed by atoms with Crippen molar-refractivity contribution in [2.45, 2.75) is 4.90 Å². The molecule has 0 atom stereocenters. The van der Waals surface area contributed by atoms with Crippen LogP contribution in [0, 0.1) is 3.57 Å². The van der Waals surface area contributed by atoms with E-state index in [1.807, 2.05) is 59.5 Å². The summed E-state index contributed by atoms with van der Waals surface area (Å²) in [6.07, 6.45) is 0. The fourth-order valence-electron chi connectivity index (χ4n) is 3.57. The second-order valence-corrected chi connectivity index (χ2v) is 10.4. The molecule has 3 aromatic rings. The van der Waals surface area contributed by atoms with Crippen molar-refractivity contribution in [3.05, 3.63) is 70.3 Å². The zero-order chi connectivity index (χ0) is 21.1. The van der Waals surface area contributed by atoms with E-state index in [9.17, 15) is 13.2 Å². The minimum Gasteiger partial charge on any atom is -0.325 e. The molecule has 0 bridgehead atoms. The Balaban J connectivity index is 1.36. The molecule has 6 nitrogen and oxygen atoms in total. The topological polar surface area (TPSA) is 69.7 Å². The number of anilines is 1. The number of sulfonamides is 1. The number of piperazine rings is 1. The van der Waals surface area contributed by atoms with Crippen LogP contribution < -0.4 is 5.32 Å². The first-order valence-electron chi connectivity index (χ1n) is 9.68. The molecule has 0 unspecified atom stereocenters. The van der Waals surface area contributed by atoms with Crippen LogP contribution in [0.5, 0.6) is 0 Å². The first-order valence-corrected chi connectivity index (χ1v) is 12.2. The summed E-state index contributed by atoms with van der Waals surface area (Å²) >= 11 is 2.20. The van der Waals surface area contributed by atoms with E-state index in [4.69, 9.17) is 0 Å². The average molecular weight is 535 g/mol. The molecule has 1 amide bonds. The van der Waals surface area contributed by atoms with E-state index < -0.39 is 10.0 Å². The molecule has 1 aliphatic rings. The number of hydrogen-bond donors (Lipinski definition) is 1. The van der Waals surface area contributed by atoms with E-state index in [0.29, 0.717) is 31.1 Å². The maximum absolute atomic E-state index is 13.1. The van der Waals surface area contributed by atoms with Crippen LogP contribution in [0.2, 0.25) is 0 Å². The van der Waals surface area contributed by atoms with Gasteiger partial charge in [-0.3, -0.25) is 9.69 Å². The first-order chi connectivity index (χ1) is 14.4. The molecule has 1 saturated heterocycles. The number of nitrogens with zero attached hydrogens (tertiary/aromatic N) is 2. The first kappa shape index (κ1) is 21.2. The van der Waals surface area contributed by atoms with Crippen LogP contribution in [0.1, 0.15) is 0 Å². The van der Waals surface area contributed by atoms with Crippen LogP contribution in [-0.4, -0.2) is 56.3 Å². The van der Waals surface area contributed by atoms with Gasteiger partial charge in [-0.15, -0.1) is 0 Å². The average Bonchev–Trinajstić information content (AvgIpc) is 2.73. The number of hydrogen-bond acceptors (Lipinski definition) is 4. The van der Waals surface area contributed by atoms with Gasteiger partial charge in [0.05, 0.1) is 11.4 Å². The Morgan fingerprint density at radius 3 is 2.37 bits per heavy atom. The third kappa shape index (κ3) is 4.83. The monoisotopic (exact) mass is 535 g/mol. The van der Waals surface area contributed by atoms with Gasteiger partial charge in [0.25, 0.3) is 0 Å². The molecule has 1 aliphatic heterocycles. The van der Waals surface area contributed by atoms with Crippen molar-refractivity contribution in [3.63, 3.8) is 0 Å². The minimum atomic E-state index is -3.55. The number of halogens is 1. The quantitative estimate of drug-likeness (QED) is 0.509. The minimum absolute atomic E-state index is 0.0946. The molecule has 30 heavy (non-hydrogen) atoms. The van der Waals surface area contributed by atoms with Gasteiger partial charge in [-0.05, 0) is 63.7 Å². The third-order valence-corrected chi connectivity index (χ3v) is 7.73. The van der Waals surface area contributed by atoms with Crippen molar-refractivity contribution in [2.75, 3.05) is 38.0 Å². The van der Waals surface area contributed by atoms with Gasteiger partial charge >= 0.3 is 0 Å². The number of amides is 1. The lowest BCUT2D eigenvalue weighted by Gasteiger charge is -2.33. The van der Waals surface area contributed by atoms with Gasteiger partial charge in [0.2, 0.25) is 15.9 Å². The predicted molar refractivity (Wildman–Crippen MR) is 127 cm³/mol. The van der Waals surface area contributed by atoms with E-state index >= 15 is 0 Å². The molecule has 0 aromatic heterocycles. The Bertz CT molecular complexity index is 1170. The fourth-order valence-corrected chi connectivity index (χ4v) is 5.58. The lowest BCUT2D eigenvalue weighted by atomic mass is 10.1. The number of benzene rings is 3. The summed E-state index contributed by atoms with van der Waals surface area (Å²) in [7, 11) is -3.55. The maximum Gasteiger partial charge on any atom is 0.243 e. The lowest BCUT2D eigenvalue weighted by molar-refractivity contribution is -0.117. The van der Waals surface area contributed by atoms with Gasteiger partial charge in [0.15, 0.2) is 0 Å². The molecular weight excluding hydrogens is 513 g/mol. The molecule has 1 fully saturated rings. The van der Waals surface area contributed by atoms with Crippen molar-refractivity contribution >= 4 is 55.0 Å². The van der Waals surface area contributed by atoms with Crippen molar-refractivity contribution in [3.8, 4) is 0 Å². The standard InChI is InChI=1S/C22H22IN3O3S/c23-19-6-3-7-20(15-19)24-22(27)16-25-10-12-26(13-11-25)30(28,29)21-9-8-17-4-1-2-5-18(17)14-21/h1-9,14-15H,10-13,16H2,(H,24,27). The van der Waals surface area contributed by atoms with E-state index in [-0.39, 0.29) is 12.5 Å². The van der Waals surface area contributed by atoms with Crippen molar-refractivity contribution in [1.29, 1.82) is 0 Å². The number of nitrogens with one attached hydrogen (secondary N) is 1. The molecule has 0 radical (unpaired) electrons. The fraction of sp³-hybridized carbons (Fsp3) is 0.227. The molecule has 3 aromatic carbocycles. The molecule has 0 saturated carbocycles. The Labute approximate surface area is 190 Å². The molecule has 0 spiro atoms. The van der Waals surface area contributed by atoms with Crippen molar-refractivity contribution in [1.82, 2.24) is 9.21 Å². The summed E-state index contributed by atoms with van der Waals surface area (Å²) in [6.45, 7) is 2.02. The summed E-state index contributed by atoms with van der Waals surface area (Å²) in [6, 6.07) is 20.6. The summed E-state index contributed by atoms with van der Waals surface area (Å²) < 4.78 is 28.7. The highest BCUT2D eigenvalue weighted by Crippen LogP contribution is 2.23. The number of carbonyl (C=O) groups excluding carboxylic acids is 1. The summed E-state index contributed by atoms with van der Waals surface area (Å²) in [5.41, 5.74) is 0.768. The Kier molecular flexibility index (Phi) is 6.37. The number of carbonyl (C=O) groups is 1. The van der Waals surface area contributed by atoms with Gasteiger partial charge < -0.3 is 5.32 Å². The molecular formula is C22H22IN3O3S. The zero-order valence-electron chi connectivity index (χ0n) is 16.3. The van der Waals surface area contributed by atoms with Crippen molar-refractivity contribution in [2.24, 2.45) is 0 Å². The summed E-state index contributed by atoms with van der Waals surface area (Å²) in [5, 5.41) is 4.82. The largest absolute Gasteiger partial charge is 0.325 e. The van der Waals surface area contributed by atoms with Crippen LogP contribution in [0.4, 0.5) is 5.69 Å². The van der Waals surface area contributed by atoms with E-state index in [0.717, 1.165) is 20.0 Å². The Morgan fingerprint density at radius 2 is 1.63 bits per heavy atom. The predicted octanol–water partition coefficient (Wildman–Crippen LogP) is 3.39. The highest BCUT2D eigenvalue weighted by molar-refractivity contribution is 14.1. The van der Waals surface area contributed by atoms with Crippen LogP contribution in [0.25, 0.3) is 10.8 Å². The molecule has 156 valence electrons. The molecule has 1 N–H and O–H groups in total. The SMILES string of the molecule is O=C(CN1CCN(S(=O)(=O)c2ccc3ccccc3c2)CC1)Nc1cccc(I)c1.